The van der Waals surface area contributed by atoms with Crippen LogP contribution in [-0.4, -0.2) is 65.4 Å². The Morgan fingerprint density at radius 1 is 1.17 bits per heavy atom. The number of likely N-dealkylation sites (tertiary alicyclic amines) is 2. The number of nitriles is 1. The molecule has 36 heavy (non-hydrogen) atoms. The lowest BCUT2D eigenvalue weighted by atomic mass is 9.82. The standard InChI is InChI=1S/C26H32F3N5O2/c1-2-36-12-9-23-14-24(32-31-23)21-13-20(19-3-5-22(6-4-19)26(27,28)29)16-34(17-21)25(35)33-10-7-18(15-30)8-11-33/h3-6,14,18,20-21H,2,7-13,16-17H2,1H3,(H,31,32). The molecule has 7 nitrogen and oxygen atoms in total. The van der Waals surface area contributed by atoms with Gasteiger partial charge in [-0.25, -0.2) is 4.79 Å². The highest BCUT2D eigenvalue weighted by molar-refractivity contribution is 5.75. The number of nitrogens with zero attached hydrogens (tertiary/aromatic N) is 4. The molecular formula is C26H32F3N5O2. The van der Waals surface area contributed by atoms with Crippen molar-refractivity contribution in [3.63, 3.8) is 0 Å². The van der Waals surface area contributed by atoms with Crippen LogP contribution in [0.4, 0.5) is 18.0 Å². The fourth-order valence-corrected chi connectivity index (χ4v) is 5.10. The predicted molar refractivity (Wildman–Crippen MR) is 127 cm³/mol. The quantitative estimate of drug-likeness (QED) is 0.566. The summed E-state index contributed by atoms with van der Waals surface area (Å²) in [4.78, 5) is 17.0. The van der Waals surface area contributed by atoms with E-state index in [1.54, 1.807) is 9.80 Å². The van der Waals surface area contributed by atoms with E-state index < -0.39 is 11.7 Å². The van der Waals surface area contributed by atoms with Crippen molar-refractivity contribution < 1.29 is 22.7 Å². The third kappa shape index (κ3) is 6.19. The van der Waals surface area contributed by atoms with E-state index in [-0.39, 0.29) is 23.8 Å². The van der Waals surface area contributed by atoms with Crippen molar-refractivity contribution in [2.45, 2.75) is 50.6 Å². The van der Waals surface area contributed by atoms with Gasteiger partial charge in [-0.2, -0.15) is 23.5 Å². The molecule has 1 aromatic carbocycles. The minimum Gasteiger partial charge on any atom is -0.381 e. The van der Waals surface area contributed by atoms with Gasteiger partial charge in [-0.15, -0.1) is 0 Å². The molecule has 2 unspecified atom stereocenters. The van der Waals surface area contributed by atoms with E-state index in [2.05, 4.69) is 16.3 Å². The Hall–Kier alpha value is -3.06. The first-order valence-electron chi connectivity index (χ1n) is 12.5. The van der Waals surface area contributed by atoms with E-state index in [0.29, 0.717) is 65.1 Å². The first-order valence-corrected chi connectivity index (χ1v) is 12.5. The van der Waals surface area contributed by atoms with Crippen LogP contribution < -0.4 is 0 Å². The molecule has 2 atom stereocenters. The molecule has 3 heterocycles. The lowest BCUT2D eigenvalue weighted by Crippen LogP contribution is -2.51. The van der Waals surface area contributed by atoms with Gasteiger partial charge in [0.1, 0.15) is 0 Å². The maximum absolute atomic E-state index is 13.4. The Morgan fingerprint density at radius 2 is 1.86 bits per heavy atom. The van der Waals surface area contributed by atoms with E-state index >= 15 is 0 Å². The van der Waals surface area contributed by atoms with Crippen molar-refractivity contribution in [2.75, 3.05) is 39.4 Å². The highest BCUT2D eigenvalue weighted by Gasteiger charge is 2.36. The van der Waals surface area contributed by atoms with Crippen LogP contribution in [0.3, 0.4) is 0 Å². The normalized spacial score (nSPS) is 21.4. The largest absolute Gasteiger partial charge is 0.416 e. The van der Waals surface area contributed by atoms with Crippen LogP contribution in [0.1, 0.15) is 60.5 Å². The second kappa shape index (κ2) is 11.3. The minimum atomic E-state index is -4.39. The number of piperidine rings is 2. The number of benzene rings is 1. The average molecular weight is 504 g/mol. The molecule has 2 aliphatic rings. The molecule has 0 saturated carbocycles. The van der Waals surface area contributed by atoms with Crippen LogP contribution in [0.5, 0.6) is 0 Å². The smallest absolute Gasteiger partial charge is 0.381 e. The van der Waals surface area contributed by atoms with Gasteiger partial charge < -0.3 is 14.5 Å². The molecule has 10 heteroatoms. The summed E-state index contributed by atoms with van der Waals surface area (Å²) in [6.45, 7) is 5.16. The summed E-state index contributed by atoms with van der Waals surface area (Å²) in [5.74, 6) is -0.193. The molecule has 194 valence electrons. The van der Waals surface area contributed by atoms with Crippen molar-refractivity contribution in [1.29, 1.82) is 5.26 Å². The van der Waals surface area contributed by atoms with E-state index in [9.17, 15) is 23.2 Å². The minimum absolute atomic E-state index is 0.0257. The maximum atomic E-state index is 13.4. The topological polar surface area (TPSA) is 85.2 Å². The number of amides is 2. The summed E-state index contributed by atoms with van der Waals surface area (Å²) in [6, 6.07) is 9.46. The molecule has 1 N–H and O–H groups in total. The van der Waals surface area contributed by atoms with Crippen molar-refractivity contribution >= 4 is 6.03 Å². The lowest BCUT2D eigenvalue weighted by molar-refractivity contribution is -0.137. The number of hydrogen-bond acceptors (Lipinski definition) is 4. The number of nitrogens with one attached hydrogen (secondary N) is 1. The first-order chi connectivity index (χ1) is 17.3. The molecular weight excluding hydrogens is 471 g/mol. The van der Waals surface area contributed by atoms with Crippen LogP contribution in [-0.2, 0) is 17.3 Å². The molecule has 2 saturated heterocycles. The van der Waals surface area contributed by atoms with Crippen molar-refractivity contribution in [1.82, 2.24) is 20.0 Å². The van der Waals surface area contributed by atoms with Gasteiger partial charge in [0.25, 0.3) is 0 Å². The summed E-state index contributed by atoms with van der Waals surface area (Å²) >= 11 is 0. The lowest BCUT2D eigenvalue weighted by Gasteiger charge is -2.41. The van der Waals surface area contributed by atoms with Gasteiger partial charge in [0.05, 0.1) is 23.9 Å². The summed E-state index contributed by atoms with van der Waals surface area (Å²) in [5.41, 5.74) is 1.89. The fraction of sp³-hybridized carbons (Fsp3) is 0.577. The summed E-state index contributed by atoms with van der Waals surface area (Å²) in [6.07, 6.45) is -1.69. The number of hydrogen-bond donors (Lipinski definition) is 1. The fourth-order valence-electron chi connectivity index (χ4n) is 5.10. The highest BCUT2D eigenvalue weighted by Crippen LogP contribution is 2.37. The molecule has 4 rings (SSSR count). The van der Waals surface area contributed by atoms with Crippen LogP contribution >= 0.6 is 0 Å². The summed E-state index contributed by atoms with van der Waals surface area (Å²) in [5, 5.41) is 16.7. The molecule has 0 aliphatic carbocycles. The van der Waals surface area contributed by atoms with Gasteiger partial charge in [0, 0.05) is 62.7 Å². The SMILES string of the molecule is CCOCCc1cc(C2CC(c3ccc(C(F)(F)F)cc3)CN(C(=O)N3CCC(C#N)CC3)C2)n[nH]1. The van der Waals surface area contributed by atoms with Crippen LogP contribution in [0.2, 0.25) is 0 Å². The Morgan fingerprint density at radius 3 is 2.50 bits per heavy atom. The van der Waals surface area contributed by atoms with Gasteiger partial charge in [-0.1, -0.05) is 12.1 Å². The zero-order chi connectivity index (χ0) is 25.7. The highest BCUT2D eigenvalue weighted by atomic mass is 19.4. The van der Waals surface area contributed by atoms with Gasteiger partial charge in [-0.05, 0) is 49.9 Å². The third-order valence-corrected chi connectivity index (χ3v) is 7.17. The van der Waals surface area contributed by atoms with E-state index in [0.717, 1.165) is 29.1 Å². The third-order valence-electron chi connectivity index (χ3n) is 7.17. The van der Waals surface area contributed by atoms with Gasteiger partial charge in [0.2, 0.25) is 0 Å². The number of aromatic amines is 1. The number of rotatable bonds is 6. The number of ether oxygens (including phenoxy) is 1. The molecule has 2 aromatic rings. The molecule has 2 aliphatic heterocycles. The molecule has 0 spiro atoms. The number of alkyl halides is 3. The molecule has 2 amide bonds. The maximum Gasteiger partial charge on any atom is 0.416 e. The average Bonchev–Trinajstić information content (AvgIpc) is 3.37. The van der Waals surface area contributed by atoms with Crippen molar-refractivity contribution in [2.24, 2.45) is 5.92 Å². The number of urea groups is 1. The molecule has 0 bridgehead atoms. The van der Waals surface area contributed by atoms with Gasteiger partial charge in [0.15, 0.2) is 0 Å². The zero-order valence-electron chi connectivity index (χ0n) is 20.4. The monoisotopic (exact) mass is 503 g/mol. The zero-order valence-corrected chi connectivity index (χ0v) is 20.4. The van der Waals surface area contributed by atoms with Crippen LogP contribution in [0.15, 0.2) is 30.3 Å². The predicted octanol–water partition coefficient (Wildman–Crippen LogP) is 4.94. The number of carbonyl (C=O) groups excluding carboxylic acids is 1. The molecule has 0 radical (unpaired) electrons. The first kappa shape index (κ1) is 26.0. The van der Waals surface area contributed by atoms with Crippen LogP contribution in [0, 0.1) is 17.2 Å². The van der Waals surface area contributed by atoms with Crippen molar-refractivity contribution in [3.05, 3.63) is 52.8 Å². The van der Waals surface area contributed by atoms with Crippen LogP contribution in [0.25, 0.3) is 0 Å². The molecule has 2 fully saturated rings. The Bertz CT molecular complexity index is 1050. The Balaban J connectivity index is 1.53. The number of aromatic nitrogens is 2. The number of halogens is 3. The van der Waals surface area contributed by atoms with E-state index in [1.807, 2.05) is 13.0 Å². The van der Waals surface area contributed by atoms with E-state index in [1.165, 1.54) is 12.1 Å². The van der Waals surface area contributed by atoms with Gasteiger partial charge in [-0.3, -0.25) is 5.10 Å². The van der Waals surface area contributed by atoms with E-state index in [4.69, 9.17) is 4.74 Å². The Kier molecular flexibility index (Phi) is 8.19. The summed E-state index contributed by atoms with van der Waals surface area (Å²) < 4.78 is 44.7. The molecule has 1 aromatic heterocycles. The second-order valence-electron chi connectivity index (χ2n) is 9.59. The van der Waals surface area contributed by atoms with Gasteiger partial charge >= 0.3 is 12.2 Å². The summed E-state index contributed by atoms with van der Waals surface area (Å²) in [7, 11) is 0. The number of H-pyrrole nitrogens is 1. The Labute approximate surface area is 209 Å². The second-order valence-corrected chi connectivity index (χ2v) is 9.59. The van der Waals surface area contributed by atoms with Crippen molar-refractivity contribution in [3.8, 4) is 6.07 Å². The number of carbonyl (C=O) groups is 1.